The minimum absolute atomic E-state index is 0.417. The minimum Gasteiger partial charge on any atom is -0.123 e. The summed E-state index contributed by atoms with van der Waals surface area (Å²) >= 11 is 6.44. The fraction of sp³-hybridized carbons (Fsp3) is 1.00. The predicted molar refractivity (Wildman–Crippen MR) is 60.3 cm³/mol. The van der Waals surface area contributed by atoms with Gasteiger partial charge < -0.3 is 0 Å². The highest BCUT2D eigenvalue weighted by Gasteiger charge is 2.36. The average Bonchev–Trinajstić information content (AvgIpc) is 2.03. The first-order valence-electron chi connectivity index (χ1n) is 5.72. The van der Waals surface area contributed by atoms with Gasteiger partial charge in [-0.15, -0.1) is 11.6 Å². The molecule has 0 aromatic heterocycles. The van der Waals surface area contributed by atoms with Gasteiger partial charge in [-0.2, -0.15) is 0 Å². The summed E-state index contributed by atoms with van der Waals surface area (Å²) in [6, 6.07) is 0. The smallest absolute Gasteiger partial charge is 0.0369 e. The van der Waals surface area contributed by atoms with Crippen LogP contribution in [0, 0.1) is 11.3 Å². The molecule has 0 N–H and O–H groups in total. The topological polar surface area (TPSA) is 0 Å². The van der Waals surface area contributed by atoms with Gasteiger partial charge in [-0.25, -0.2) is 0 Å². The molecule has 0 aliphatic heterocycles. The maximum absolute atomic E-state index is 6.44. The lowest BCUT2D eigenvalue weighted by atomic mass is 9.67. The van der Waals surface area contributed by atoms with Crippen LogP contribution < -0.4 is 0 Å². The van der Waals surface area contributed by atoms with Gasteiger partial charge in [-0.3, -0.25) is 0 Å². The molecule has 78 valence electrons. The van der Waals surface area contributed by atoms with Crippen LogP contribution in [0.15, 0.2) is 0 Å². The zero-order valence-electron chi connectivity index (χ0n) is 9.28. The molecule has 0 aromatic rings. The second-order valence-corrected chi connectivity index (χ2v) is 5.71. The summed E-state index contributed by atoms with van der Waals surface area (Å²) < 4.78 is 0. The van der Waals surface area contributed by atoms with Crippen molar-refractivity contribution in [3.05, 3.63) is 0 Å². The maximum atomic E-state index is 6.44. The molecular weight excluding hydrogens is 180 g/mol. The van der Waals surface area contributed by atoms with Crippen molar-refractivity contribution in [1.82, 2.24) is 0 Å². The van der Waals surface area contributed by atoms with Crippen molar-refractivity contribution < 1.29 is 0 Å². The lowest BCUT2D eigenvalue weighted by Gasteiger charge is -2.41. The van der Waals surface area contributed by atoms with Crippen LogP contribution >= 0.6 is 11.6 Å². The lowest BCUT2D eigenvalue weighted by Crippen LogP contribution is -2.34. The largest absolute Gasteiger partial charge is 0.123 e. The van der Waals surface area contributed by atoms with Crippen molar-refractivity contribution >= 4 is 11.6 Å². The van der Waals surface area contributed by atoms with Crippen molar-refractivity contribution in [1.29, 1.82) is 0 Å². The summed E-state index contributed by atoms with van der Waals surface area (Å²) in [5, 5.41) is 0.417. The Labute approximate surface area is 88.1 Å². The van der Waals surface area contributed by atoms with Gasteiger partial charge in [0.2, 0.25) is 0 Å². The Kier molecular flexibility index (Phi) is 4.09. The van der Waals surface area contributed by atoms with Gasteiger partial charge in [0, 0.05) is 5.38 Å². The van der Waals surface area contributed by atoms with E-state index in [0.29, 0.717) is 10.8 Å². The molecule has 2 atom stereocenters. The third-order valence-electron chi connectivity index (χ3n) is 3.59. The normalized spacial score (nSPS) is 30.0. The number of rotatable bonds is 3. The molecule has 0 aromatic carbocycles. The monoisotopic (exact) mass is 202 g/mol. The molecule has 1 aliphatic carbocycles. The molecule has 2 unspecified atom stereocenters. The van der Waals surface area contributed by atoms with E-state index < -0.39 is 0 Å². The van der Waals surface area contributed by atoms with Gasteiger partial charge in [0.15, 0.2) is 0 Å². The van der Waals surface area contributed by atoms with Crippen LogP contribution in [0.1, 0.15) is 59.3 Å². The second-order valence-electron chi connectivity index (χ2n) is 5.15. The molecule has 1 aliphatic rings. The fourth-order valence-electron chi connectivity index (χ4n) is 2.67. The van der Waals surface area contributed by atoms with E-state index in [0.717, 1.165) is 5.92 Å². The van der Waals surface area contributed by atoms with Crippen molar-refractivity contribution in [3.63, 3.8) is 0 Å². The quantitative estimate of drug-likeness (QED) is 0.587. The minimum atomic E-state index is 0.417. The number of halogens is 1. The van der Waals surface area contributed by atoms with Gasteiger partial charge in [0.1, 0.15) is 0 Å². The Hall–Kier alpha value is 0.290. The summed E-state index contributed by atoms with van der Waals surface area (Å²) in [5.74, 6) is 0.753. The average molecular weight is 203 g/mol. The van der Waals surface area contributed by atoms with Crippen molar-refractivity contribution in [2.24, 2.45) is 11.3 Å². The predicted octanol–water partition coefficient (Wildman–Crippen LogP) is 4.61. The van der Waals surface area contributed by atoms with E-state index in [9.17, 15) is 0 Å². The SMILES string of the molecule is CCCC(Cl)C1CCCCC1(C)C. The van der Waals surface area contributed by atoms with Crippen LogP contribution in [-0.4, -0.2) is 5.38 Å². The van der Waals surface area contributed by atoms with Crippen LogP contribution in [0.2, 0.25) is 0 Å². The first-order valence-corrected chi connectivity index (χ1v) is 6.15. The van der Waals surface area contributed by atoms with Gasteiger partial charge in [-0.05, 0) is 30.6 Å². The van der Waals surface area contributed by atoms with E-state index in [2.05, 4.69) is 20.8 Å². The summed E-state index contributed by atoms with van der Waals surface area (Å²) in [4.78, 5) is 0. The summed E-state index contributed by atoms with van der Waals surface area (Å²) in [6.07, 6.45) is 7.92. The number of hydrogen-bond acceptors (Lipinski definition) is 0. The Morgan fingerprint density at radius 2 is 2.08 bits per heavy atom. The molecular formula is C12H23Cl. The van der Waals surface area contributed by atoms with Crippen molar-refractivity contribution in [3.8, 4) is 0 Å². The lowest BCUT2D eigenvalue weighted by molar-refractivity contribution is 0.130. The zero-order valence-corrected chi connectivity index (χ0v) is 10.0. The van der Waals surface area contributed by atoms with Crippen molar-refractivity contribution in [2.45, 2.75) is 64.7 Å². The summed E-state index contributed by atoms with van der Waals surface area (Å²) in [7, 11) is 0. The van der Waals surface area contributed by atoms with Gasteiger partial charge >= 0.3 is 0 Å². The third kappa shape index (κ3) is 2.87. The van der Waals surface area contributed by atoms with Gasteiger partial charge in [0.05, 0.1) is 0 Å². The fourth-order valence-corrected chi connectivity index (χ4v) is 3.35. The highest BCUT2D eigenvalue weighted by Crippen LogP contribution is 2.44. The number of alkyl halides is 1. The first kappa shape index (κ1) is 11.4. The third-order valence-corrected chi connectivity index (χ3v) is 4.11. The zero-order chi connectivity index (χ0) is 9.90. The molecule has 0 amide bonds. The molecule has 0 radical (unpaired) electrons. The van der Waals surface area contributed by atoms with E-state index in [-0.39, 0.29) is 0 Å². The van der Waals surface area contributed by atoms with Gasteiger partial charge in [0.25, 0.3) is 0 Å². The van der Waals surface area contributed by atoms with Crippen LogP contribution in [0.5, 0.6) is 0 Å². The second kappa shape index (κ2) is 4.68. The van der Waals surface area contributed by atoms with E-state index in [1.165, 1.54) is 38.5 Å². The molecule has 0 nitrogen and oxygen atoms in total. The van der Waals surface area contributed by atoms with E-state index >= 15 is 0 Å². The summed E-state index contributed by atoms with van der Waals surface area (Å²) in [6.45, 7) is 7.01. The Balaban J connectivity index is 2.54. The van der Waals surface area contributed by atoms with Crippen LogP contribution in [0.3, 0.4) is 0 Å². The van der Waals surface area contributed by atoms with E-state index in [1.54, 1.807) is 0 Å². The van der Waals surface area contributed by atoms with Crippen LogP contribution in [0.4, 0.5) is 0 Å². The molecule has 1 fully saturated rings. The highest BCUT2D eigenvalue weighted by molar-refractivity contribution is 6.20. The molecule has 1 saturated carbocycles. The molecule has 13 heavy (non-hydrogen) atoms. The molecule has 1 heteroatoms. The van der Waals surface area contributed by atoms with Crippen molar-refractivity contribution in [2.75, 3.05) is 0 Å². The molecule has 0 bridgehead atoms. The first-order chi connectivity index (χ1) is 6.08. The number of hydrogen-bond donors (Lipinski definition) is 0. The van der Waals surface area contributed by atoms with Gasteiger partial charge in [-0.1, -0.05) is 40.0 Å². The molecule has 0 spiro atoms. The molecule has 0 heterocycles. The maximum Gasteiger partial charge on any atom is 0.0369 e. The molecule has 0 saturated heterocycles. The van der Waals surface area contributed by atoms with Crippen LogP contribution in [-0.2, 0) is 0 Å². The van der Waals surface area contributed by atoms with E-state index in [1.807, 2.05) is 0 Å². The van der Waals surface area contributed by atoms with E-state index in [4.69, 9.17) is 11.6 Å². The van der Waals surface area contributed by atoms with Crippen LogP contribution in [0.25, 0.3) is 0 Å². The Morgan fingerprint density at radius 1 is 1.38 bits per heavy atom. The highest BCUT2D eigenvalue weighted by atomic mass is 35.5. The molecule has 1 rings (SSSR count). The Bertz CT molecular complexity index is 151. The Morgan fingerprint density at radius 3 is 2.62 bits per heavy atom. The summed E-state index contributed by atoms with van der Waals surface area (Å²) in [5.41, 5.74) is 0.486. The standard InChI is InChI=1S/C12H23Cl/c1-4-7-11(13)10-8-5-6-9-12(10,2)3/h10-11H,4-9H2,1-3H3.